The lowest BCUT2D eigenvalue weighted by atomic mass is 9.74. The second kappa shape index (κ2) is 8.98. The third kappa shape index (κ3) is 3.95. The van der Waals surface area contributed by atoms with Crippen molar-refractivity contribution in [1.82, 2.24) is 4.90 Å². The predicted octanol–water partition coefficient (Wildman–Crippen LogP) is 6.75. The summed E-state index contributed by atoms with van der Waals surface area (Å²) in [6, 6.07) is 16.6. The van der Waals surface area contributed by atoms with E-state index in [0.717, 1.165) is 18.4 Å². The fraction of sp³-hybridized carbons (Fsp3) is 0.500. The fourth-order valence-corrected chi connectivity index (χ4v) is 6.10. The summed E-state index contributed by atoms with van der Waals surface area (Å²) in [7, 11) is 0. The largest absolute Gasteiger partial charge is 0.494 e. The van der Waals surface area contributed by atoms with Crippen LogP contribution in [0.2, 0.25) is 0 Å². The van der Waals surface area contributed by atoms with Crippen molar-refractivity contribution in [2.75, 3.05) is 19.7 Å². The number of hydrogen-bond donors (Lipinski definition) is 0. The van der Waals surface area contributed by atoms with Gasteiger partial charge in [0, 0.05) is 12.0 Å². The number of piperidine rings is 1. The molecule has 0 amide bonds. The van der Waals surface area contributed by atoms with E-state index in [-0.39, 0.29) is 0 Å². The molecule has 0 aromatic heterocycles. The van der Waals surface area contributed by atoms with Gasteiger partial charge in [0.1, 0.15) is 5.75 Å². The quantitative estimate of drug-likeness (QED) is 0.562. The molecule has 1 saturated carbocycles. The molecule has 2 fully saturated rings. The van der Waals surface area contributed by atoms with Gasteiger partial charge in [-0.1, -0.05) is 61.7 Å². The van der Waals surface area contributed by atoms with Crippen molar-refractivity contribution in [3.8, 4) is 5.75 Å². The number of nitrogens with zero attached hydrogens (tertiary/aromatic N) is 1. The Bertz CT molecular complexity index is 887. The molecular formula is C28H35NO. The highest BCUT2D eigenvalue weighted by Gasteiger charge is 2.34. The van der Waals surface area contributed by atoms with Gasteiger partial charge in [0.15, 0.2) is 0 Å². The maximum Gasteiger partial charge on any atom is 0.119 e. The van der Waals surface area contributed by atoms with Crippen molar-refractivity contribution in [2.24, 2.45) is 5.92 Å². The van der Waals surface area contributed by atoms with Gasteiger partial charge in [-0.2, -0.15) is 0 Å². The van der Waals surface area contributed by atoms with Crippen molar-refractivity contribution in [3.63, 3.8) is 0 Å². The molecule has 0 bridgehead atoms. The first-order valence-electron chi connectivity index (χ1n) is 12.1. The molecule has 1 aliphatic heterocycles. The fourth-order valence-electron chi connectivity index (χ4n) is 6.10. The summed E-state index contributed by atoms with van der Waals surface area (Å²) in [6.45, 7) is 5.32. The van der Waals surface area contributed by atoms with Crippen molar-refractivity contribution in [2.45, 2.75) is 63.8 Å². The summed E-state index contributed by atoms with van der Waals surface area (Å²) in [6.07, 6.45) is 14.4. The van der Waals surface area contributed by atoms with E-state index >= 15 is 0 Å². The van der Waals surface area contributed by atoms with E-state index in [0.29, 0.717) is 11.8 Å². The molecule has 0 N–H and O–H groups in total. The van der Waals surface area contributed by atoms with E-state index in [1.165, 1.54) is 80.3 Å². The maximum atomic E-state index is 5.90. The predicted molar refractivity (Wildman–Crippen MR) is 126 cm³/mol. The number of fused-ring (bicyclic) bond motifs is 2. The molecule has 2 aromatic rings. The molecule has 3 aliphatic rings. The van der Waals surface area contributed by atoms with E-state index in [9.17, 15) is 0 Å². The second-order valence-electron chi connectivity index (χ2n) is 9.33. The SMILES string of the molecule is CCOc1ccc2c(c1)C(C1CCN(C3CCCCC3)CC1)c1ccccc1C=C2. The highest BCUT2D eigenvalue weighted by atomic mass is 16.5. The van der Waals surface area contributed by atoms with Crippen LogP contribution in [0.3, 0.4) is 0 Å². The van der Waals surface area contributed by atoms with Gasteiger partial charge < -0.3 is 9.64 Å². The normalized spacial score (nSPS) is 22.9. The molecule has 2 aliphatic carbocycles. The zero-order chi connectivity index (χ0) is 20.3. The summed E-state index contributed by atoms with van der Waals surface area (Å²) in [4.78, 5) is 2.81. The van der Waals surface area contributed by atoms with Crippen molar-refractivity contribution in [1.29, 1.82) is 0 Å². The smallest absolute Gasteiger partial charge is 0.119 e. The van der Waals surface area contributed by atoms with Gasteiger partial charge in [-0.15, -0.1) is 0 Å². The molecule has 2 heteroatoms. The number of hydrogen-bond acceptors (Lipinski definition) is 2. The van der Waals surface area contributed by atoms with Crippen LogP contribution >= 0.6 is 0 Å². The van der Waals surface area contributed by atoms with Gasteiger partial charge in [0.05, 0.1) is 6.61 Å². The van der Waals surface area contributed by atoms with Crippen LogP contribution in [0.1, 0.15) is 80.0 Å². The molecule has 0 radical (unpaired) electrons. The third-order valence-corrected chi connectivity index (χ3v) is 7.61. The molecule has 2 nitrogen and oxygen atoms in total. The van der Waals surface area contributed by atoms with Gasteiger partial charge in [0.2, 0.25) is 0 Å². The van der Waals surface area contributed by atoms with Crippen LogP contribution in [-0.4, -0.2) is 30.6 Å². The van der Waals surface area contributed by atoms with Crippen molar-refractivity contribution < 1.29 is 4.74 Å². The van der Waals surface area contributed by atoms with Crippen LogP contribution in [0.5, 0.6) is 5.75 Å². The van der Waals surface area contributed by atoms with Gasteiger partial charge in [-0.3, -0.25) is 0 Å². The Balaban J connectivity index is 1.45. The van der Waals surface area contributed by atoms with Crippen LogP contribution < -0.4 is 4.74 Å². The molecular weight excluding hydrogens is 366 g/mol. The highest BCUT2D eigenvalue weighted by molar-refractivity contribution is 5.77. The Labute approximate surface area is 181 Å². The summed E-state index contributed by atoms with van der Waals surface area (Å²) in [5, 5.41) is 0. The Morgan fingerprint density at radius 1 is 0.833 bits per heavy atom. The van der Waals surface area contributed by atoms with Crippen molar-refractivity contribution in [3.05, 3.63) is 64.7 Å². The number of rotatable bonds is 4. The lowest BCUT2D eigenvalue weighted by molar-refractivity contribution is 0.102. The molecule has 1 saturated heterocycles. The molecule has 1 unspecified atom stereocenters. The monoisotopic (exact) mass is 401 g/mol. The zero-order valence-electron chi connectivity index (χ0n) is 18.4. The molecule has 0 spiro atoms. The molecule has 2 aromatic carbocycles. The first kappa shape index (κ1) is 19.9. The average molecular weight is 402 g/mol. The van der Waals surface area contributed by atoms with E-state index in [1.54, 1.807) is 0 Å². The van der Waals surface area contributed by atoms with Crippen LogP contribution in [0.4, 0.5) is 0 Å². The molecule has 5 rings (SSSR count). The topological polar surface area (TPSA) is 12.5 Å². The van der Waals surface area contributed by atoms with Gasteiger partial charge in [-0.25, -0.2) is 0 Å². The summed E-state index contributed by atoms with van der Waals surface area (Å²) in [5.74, 6) is 2.16. The summed E-state index contributed by atoms with van der Waals surface area (Å²) >= 11 is 0. The van der Waals surface area contributed by atoms with Gasteiger partial charge in [-0.05, 0) is 86.0 Å². The maximum absolute atomic E-state index is 5.90. The first-order chi connectivity index (χ1) is 14.8. The van der Waals surface area contributed by atoms with Crippen LogP contribution in [0.25, 0.3) is 12.2 Å². The lowest BCUT2D eigenvalue weighted by Crippen LogP contribution is -2.43. The molecule has 1 heterocycles. The van der Waals surface area contributed by atoms with E-state index in [1.807, 2.05) is 0 Å². The lowest BCUT2D eigenvalue weighted by Gasteiger charge is -2.42. The standard InChI is InChI=1S/C28H35NO/c1-2-30-25-15-14-22-13-12-21-8-6-7-11-26(21)28(27(22)20-25)23-16-18-29(19-17-23)24-9-4-3-5-10-24/h6-8,11-15,20,23-24,28H,2-5,9-10,16-19H2,1H3. The molecule has 30 heavy (non-hydrogen) atoms. The van der Waals surface area contributed by atoms with Crippen molar-refractivity contribution >= 4 is 12.2 Å². The number of benzene rings is 2. The highest BCUT2D eigenvalue weighted by Crippen LogP contribution is 2.44. The zero-order valence-corrected chi connectivity index (χ0v) is 18.4. The van der Waals surface area contributed by atoms with Crippen LogP contribution in [-0.2, 0) is 0 Å². The molecule has 1 atom stereocenters. The van der Waals surface area contributed by atoms with Crippen LogP contribution in [0.15, 0.2) is 42.5 Å². The first-order valence-corrected chi connectivity index (χ1v) is 12.1. The Morgan fingerprint density at radius 2 is 1.57 bits per heavy atom. The van der Waals surface area contributed by atoms with E-state index < -0.39 is 0 Å². The summed E-state index contributed by atoms with van der Waals surface area (Å²) < 4.78 is 5.90. The minimum Gasteiger partial charge on any atom is -0.494 e. The second-order valence-corrected chi connectivity index (χ2v) is 9.33. The molecule has 158 valence electrons. The average Bonchev–Trinajstić information content (AvgIpc) is 2.97. The Kier molecular flexibility index (Phi) is 5.95. The minimum absolute atomic E-state index is 0.458. The van der Waals surface area contributed by atoms with E-state index in [4.69, 9.17) is 4.74 Å². The number of ether oxygens (including phenoxy) is 1. The van der Waals surface area contributed by atoms with Gasteiger partial charge in [0.25, 0.3) is 0 Å². The van der Waals surface area contributed by atoms with E-state index in [2.05, 4.69) is 66.4 Å². The summed E-state index contributed by atoms with van der Waals surface area (Å²) in [5.41, 5.74) is 5.69. The minimum atomic E-state index is 0.458. The van der Waals surface area contributed by atoms with Crippen LogP contribution in [0, 0.1) is 5.92 Å². The van der Waals surface area contributed by atoms with Gasteiger partial charge >= 0.3 is 0 Å². The Hall–Kier alpha value is -2.06. The third-order valence-electron chi connectivity index (χ3n) is 7.61. The Morgan fingerprint density at radius 3 is 2.33 bits per heavy atom. The number of likely N-dealkylation sites (tertiary alicyclic amines) is 1.